The summed E-state index contributed by atoms with van der Waals surface area (Å²) in [5, 5.41) is 0. The minimum absolute atomic E-state index is 0.337. The highest BCUT2D eigenvalue weighted by Crippen LogP contribution is 2.12. The predicted octanol–water partition coefficient (Wildman–Crippen LogP) is 1.78. The van der Waals surface area contributed by atoms with Gasteiger partial charge in [0.25, 0.3) is 0 Å². The normalized spacial score (nSPS) is 13.1. The lowest BCUT2D eigenvalue weighted by Crippen LogP contribution is -2.38. The zero-order valence-corrected chi connectivity index (χ0v) is 11.5. The Morgan fingerprint density at radius 3 is 2.44 bits per heavy atom. The van der Waals surface area contributed by atoms with Crippen molar-refractivity contribution in [3.05, 3.63) is 34.3 Å². The summed E-state index contributed by atoms with van der Waals surface area (Å²) in [5.41, 5.74) is 4.19. The summed E-state index contributed by atoms with van der Waals surface area (Å²) in [7, 11) is 4.15. The lowest BCUT2D eigenvalue weighted by molar-refractivity contribution is 0.358. The lowest BCUT2D eigenvalue weighted by Gasteiger charge is -2.18. The van der Waals surface area contributed by atoms with Gasteiger partial charge in [-0.1, -0.05) is 28.1 Å². The van der Waals surface area contributed by atoms with Gasteiger partial charge in [0, 0.05) is 10.5 Å². The smallest absolute Gasteiger partial charge is 0.0263 e. The maximum absolute atomic E-state index is 5.56. The number of nitrogens with two attached hydrogens (primary N) is 1. The van der Waals surface area contributed by atoms with Crippen LogP contribution in [0.3, 0.4) is 0 Å². The van der Waals surface area contributed by atoms with Gasteiger partial charge in [-0.2, -0.15) is 0 Å². The monoisotopic (exact) mass is 285 g/mol. The fourth-order valence-corrected chi connectivity index (χ4v) is 1.83. The van der Waals surface area contributed by atoms with Crippen molar-refractivity contribution in [3.8, 4) is 0 Å². The molecule has 0 aliphatic carbocycles. The van der Waals surface area contributed by atoms with E-state index in [9.17, 15) is 0 Å². The van der Waals surface area contributed by atoms with Crippen molar-refractivity contribution in [1.82, 2.24) is 10.3 Å². The van der Waals surface area contributed by atoms with Crippen molar-refractivity contribution in [1.29, 1.82) is 0 Å². The molecule has 0 saturated heterocycles. The molecule has 1 aromatic carbocycles. The molecule has 3 N–H and O–H groups in total. The second-order valence-electron chi connectivity index (χ2n) is 4.29. The molecule has 1 aromatic rings. The summed E-state index contributed by atoms with van der Waals surface area (Å²) < 4.78 is 1.11. The van der Waals surface area contributed by atoms with Crippen LogP contribution < -0.4 is 11.3 Å². The van der Waals surface area contributed by atoms with E-state index in [1.54, 1.807) is 0 Å². The van der Waals surface area contributed by atoms with Crippen LogP contribution in [-0.2, 0) is 6.42 Å². The van der Waals surface area contributed by atoms with Gasteiger partial charge >= 0.3 is 0 Å². The third kappa shape index (κ3) is 5.07. The molecule has 0 amide bonds. The quantitative estimate of drug-likeness (QED) is 0.618. The van der Waals surface area contributed by atoms with Gasteiger partial charge in [-0.15, -0.1) is 0 Å². The van der Waals surface area contributed by atoms with E-state index in [4.69, 9.17) is 5.84 Å². The number of hydrogen-bond acceptors (Lipinski definition) is 3. The minimum Gasteiger partial charge on any atom is -0.309 e. The summed E-state index contributed by atoms with van der Waals surface area (Å²) >= 11 is 3.43. The maximum Gasteiger partial charge on any atom is 0.0263 e. The van der Waals surface area contributed by atoms with E-state index in [1.165, 1.54) is 5.56 Å². The average Bonchev–Trinajstić information content (AvgIpc) is 2.26. The van der Waals surface area contributed by atoms with Gasteiger partial charge < -0.3 is 4.90 Å². The molecule has 0 saturated carbocycles. The lowest BCUT2D eigenvalue weighted by atomic mass is 10.0. The van der Waals surface area contributed by atoms with E-state index in [0.717, 1.165) is 23.9 Å². The Bertz CT molecular complexity index is 298. The van der Waals surface area contributed by atoms with Crippen LogP contribution in [-0.4, -0.2) is 31.6 Å². The zero-order chi connectivity index (χ0) is 12.0. The first-order chi connectivity index (χ1) is 7.61. The number of nitrogens with zero attached hydrogens (tertiary/aromatic N) is 1. The van der Waals surface area contributed by atoms with E-state index in [-0.39, 0.29) is 0 Å². The fourth-order valence-electron chi connectivity index (χ4n) is 1.56. The Hall–Kier alpha value is -0.420. The molecular formula is C12H20BrN3. The summed E-state index contributed by atoms with van der Waals surface area (Å²) in [6.45, 7) is 1.05. The molecule has 3 nitrogen and oxygen atoms in total. The van der Waals surface area contributed by atoms with Gasteiger partial charge in [-0.05, 0) is 51.2 Å². The minimum atomic E-state index is 0.337. The highest BCUT2D eigenvalue weighted by molar-refractivity contribution is 9.10. The second kappa shape index (κ2) is 7.01. The van der Waals surface area contributed by atoms with Crippen molar-refractivity contribution < 1.29 is 0 Å². The van der Waals surface area contributed by atoms with Crippen molar-refractivity contribution in [2.24, 2.45) is 5.84 Å². The van der Waals surface area contributed by atoms with Crippen LogP contribution in [0.1, 0.15) is 12.0 Å². The van der Waals surface area contributed by atoms with Crippen molar-refractivity contribution in [3.63, 3.8) is 0 Å². The molecule has 0 spiro atoms. The highest BCUT2D eigenvalue weighted by atomic mass is 79.9. The molecule has 0 aliphatic heterocycles. The van der Waals surface area contributed by atoms with Crippen molar-refractivity contribution in [2.75, 3.05) is 20.6 Å². The van der Waals surface area contributed by atoms with Crippen LogP contribution in [0.5, 0.6) is 0 Å². The maximum atomic E-state index is 5.56. The molecule has 4 heteroatoms. The second-order valence-corrected chi connectivity index (χ2v) is 5.20. The standard InChI is InChI=1S/C12H20BrN3/c1-16(2)8-7-12(15-14)9-10-3-5-11(13)6-4-10/h3-6,12,15H,7-9,14H2,1-2H3. The molecule has 0 radical (unpaired) electrons. The Balaban J connectivity index is 2.46. The molecule has 1 rings (SSSR count). The molecule has 0 aliphatic rings. The highest BCUT2D eigenvalue weighted by Gasteiger charge is 2.07. The Kier molecular flexibility index (Phi) is 5.98. The van der Waals surface area contributed by atoms with Crippen LogP contribution in [0.4, 0.5) is 0 Å². The third-order valence-electron chi connectivity index (χ3n) is 2.56. The van der Waals surface area contributed by atoms with Gasteiger partial charge in [0.2, 0.25) is 0 Å². The van der Waals surface area contributed by atoms with Gasteiger partial charge in [0.05, 0.1) is 0 Å². The van der Waals surface area contributed by atoms with Crippen LogP contribution in [0, 0.1) is 0 Å². The van der Waals surface area contributed by atoms with E-state index < -0.39 is 0 Å². The molecule has 0 aromatic heterocycles. The van der Waals surface area contributed by atoms with E-state index >= 15 is 0 Å². The van der Waals surface area contributed by atoms with Crippen LogP contribution in [0.2, 0.25) is 0 Å². The topological polar surface area (TPSA) is 41.3 Å². The SMILES string of the molecule is CN(C)CCC(Cc1ccc(Br)cc1)NN. The largest absolute Gasteiger partial charge is 0.309 e. The molecular weight excluding hydrogens is 266 g/mol. The predicted molar refractivity (Wildman–Crippen MR) is 72.1 cm³/mol. The third-order valence-corrected chi connectivity index (χ3v) is 3.08. The number of hydrogen-bond donors (Lipinski definition) is 2. The van der Waals surface area contributed by atoms with Gasteiger partial charge in [0.1, 0.15) is 0 Å². The molecule has 0 bridgehead atoms. The first kappa shape index (κ1) is 13.6. The van der Waals surface area contributed by atoms with Crippen molar-refractivity contribution in [2.45, 2.75) is 18.9 Å². The molecule has 16 heavy (non-hydrogen) atoms. The first-order valence-electron chi connectivity index (χ1n) is 5.47. The van der Waals surface area contributed by atoms with E-state index in [0.29, 0.717) is 6.04 Å². The molecule has 1 unspecified atom stereocenters. The molecule has 90 valence electrons. The fraction of sp³-hybridized carbons (Fsp3) is 0.500. The Labute approximate surface area is 106 Å². The van der Waals surface area contributed by atoms with Gasteiger partial charge in [-0.25, -0.2) is 0 Å². The number of nitrogens with one attached hydrogen (secondary N) is 1. The summed E-state index contributed by atoms with van der Waals surface area (Å²) in [4.78, 5) is 2.17. The van der Waals surface area contributed by atoms with E-state index in [1.807, 2.05) is 0 Å². The number of benzene rings is 1. The summed E-state index contributed by atoms with van der Waals surface area (Å²) in [5.74, 6) is 5.56. The van der Waals surface area contributed by atoms with Gasteiger partial charge in [0.15, 0.2) is 0 Å². The van der Waals surface area contributed by atoms with Crippen LogP contribution in [0.15, 0.2) is 28.7 Å². The van der Waals surface area contributed by atoms with Crippen LogP contribution >= 0.6 is 15.9 Å². The van der Waals surface area contributed by atoms with Crippen LogP contribution in [0.25, 0.3) is 0 Å². The molecule has 0 fully saturated rings. The zero-order valence-electron chi connectivity index (χ0n) is 9.91. The van der Waals surface area contributed by atoms with E-state index in [2.05, 4.69) is 64.6 Å². The average molecular weight is 286 g/mol. The number of hydrazine groups is 1. The molecule has 0 heterocycles. The first-order valence-corrected chi connectivity index (χ1v) is 6.26. The summed E-state index contributed by atoms with van der Waals surface area (Å²) in [6.07, 6.45) is 2.02. The van der Waals surface area contributed by atoms with Crippen molar-refractivity contribution >= 4 is 15.9 Å². The summed E-state index contributed by atoms with van der Waals surface area (Å²) in [6, 6.07) is 8.72. The number of halogens is 1. The molecule has 1 atom stereocenters. The van der Waals surface area contributed by atoms with Gasteiger partial charge in [-0.3, -0.25) is 11.3 Å². The number of rotatable bonds is 6. The Morgan fingerprint density at radius 1 is 1.31 bits per heavy atom. The Morgan fingerprint density at radius 2 is 1.94 bits per heavy atom.